The molecule has 0 aliphatic rings. The summed E-state index contributed by atoms with van der Waals surface area (Å²) in [6.45, 7) is 4.29. The van der Waals surface area contributed by atoms with E-state index in [4.69, 9.17) is 10.1 Å². The molecule has 0 radical (unpaired) electrons. The van der Waals surface area contributed by atoms with Gasteiger partial charge in [-0.15, -0.1) is 0 Å². The summed E-state index contributed by atoms with van der Waals surface area (Å²) in [6, 6.07) is 0. The Morgan fingerprint density at radius 2 is 1.35 bits per heavy atom. The van der Waals surface area contributed by atoms with Gasteiger partial charge in [0.15, 0.2) is 0 Å². The molecule has 0 rings (SSSR count). The molecule has 0 aliphatic heterocycles. The average Bonchev–Trinajstić information content (AvgIpc) is 2.35. The Morgan fingerprint density at radius 1 is 0.824 bits per heavy atom. The predicted molar refractivity (Wildman–Crippen MR) is 70.7 cm³/mol. The van der Waals surface area contributed by atoms with Gasteiger partial charge in [-0.05, 0) is 12.8 Å². The van der Waals surface area contributed by atoms with E-state index in [0.717, 1.165) is 19.3 Å². The first kappa shape index (κ1) is 16.9. The van der Waals surface area contributed by atoms with Crippen molar-refractivity contribution in [3.63, 3.8) is 0 Å². The van der Waals surface area contributed by atoms with E-state index in [1.54, 1.807) is 0 Å². The smallest absolute Gasteiger partial charge is 0.0958 e. The van der Waals surface area contributed by atoms with E-state index in [1.807, 2.05) is 6.92 Å². The molecule has 0 aliphatic carbocycles. The molecule has 104 valence electrons. The van der Waals surface area contributed by atoms with E-state index in [1.165, 1.54) is 51.4 Å². The first-order valence-electron chi connectivity index (χ1n) is 7.32. The van der Waals surface area contributed by atoms with Crippen LogP contribution in [0, 0.1) is 0 Å². The molecule has 1 unspecified atom stereocenters. The van der Waals surface area contributed by atoms with Gasteiger partial charge in [0, 0.05) is 0 Å². The summed E-state index contributed by atoms with van der Waals surface area (Å²) in [5.41, 5.74) is 0. The molecule has 3 nitrogen and oxygen atoms in total. The topological polar surface area (TPSA) is 38.7 Å². The largest absolute Gasteiger partial charge is 0.221 e. The third-order valence-corrected chi connectivity index (χ3v) is 3.26. The normalized spacial score (nSPS) is 12.9. The highest BCUT2D eigenvalue weighted by Crippen LogP contribution is 2.13. The Morgan fingerprint density at radius 3 is 1.82 bits per heavy atom. The Hall–Kier alpha value is -0.120. The van der Waals surface area contributed by atoms with Gasteiger partial charge in [0.05, 0.1) is 6.10 Å². The molecule has 0 spiro atoms. The molecule has 1 atom stereocenters. The van der Waals surface area contributed by atoms with Crippen LogP contribution in [0.4, 0.5) is 0 Å². The molecule has 0 aromatic carbocycles. The molecule has 0 fully saturated rings. The SMILES string of the molecule is CCCCCCCCCCCC(CC)OOO. The molecule has 0 bridgehead atoms. The van der Waals surface area contributed by atoms with Crippen molar-refractivity contribution in [1.29, 1.82) is 0 Å². The minimum Gasteiger partial charge on any atom is -0.221 e. The molecule has 0 amide bonds. The molecule has 0 aromatic rings. The van der Waals surface area contributed by atoms with Crippen molar-refractivity contribution in [3.8, 4) is 0 Å². The van der Waals surface area contributed by atoms with Crippen LogP contribution in [0.5, 0.6) is 0 Å². The summed E-state index contributed by atoms with van der Waals surface area (Å²) in [5.74, 6) is 0. The monoisotopic (exact) mass is 246 g/mol. The van der Waals surface area contributed by atoms with Crippen LogP contribution in [0.2, 0.25) is 0 Å². The first-order valence-corrected chi connectivity index (χ1v) is 7.32. The third kappa shape index (κ3) is 12.1. The second-order valence-corrected chi connectivity index (χ2v) is 4.82. The van der Waals surface area contributed by atoms with Gasteiger partial charge in [-0.25, -0.2) is 10.1 Å². The van der Waals surface area contributed by atoms with Gasteiger partial charge in [-0.3, -0.25) is 0 Å². The number of hydrogen-bond donors (Lipinski definition) is 1. The van der Waals surface area contributed by atoms with Gasteiger partial charge in [-0.2, -0.15) is 0 Å². The van der Waals surface area contributed by atoms with E-state index in [0.29, 0.717) is 0 Å². The second-order valence-electron chi connectivity index (χ2n) is 4.82. The summed E-state index contributed by atoms with van der Waals surface area (Å²) >= 11 is 0. The minimum absolute atomic E-state index is 0.0459. The number of hydrogen-bond acceptors (Lipinski definition) is 3. The Bertz CT molecular complexity index is 139. The first-order chi connectivity index (χ1) is 8.35. The lowest BCUT2D eigenvalue weighted by Crippen LogP contribution is -2.10. The lowest BCUT2D eigenvalue weighted by molar-refractivity contribution is -0.506. The molecule has 0 aromatic heterocycles. The molecule has 0 saturated heterocycles. The number of unbranched alkanes of at least 4 members (excludes halogenated alkanes) is 8. The van der Waals surface area contributed by atoms with Crippen LogP contribution in [-0.4, -0.2) is 11.4 Å². The van der Waals surface area contributed by atoms with Crippen LogP contribution in [0.3, 0.4) is 0 Å². The van der Waals surface area contributed by atoms with Crippen LogP contribution in [0.25, 0.3) is 0 Å². The quantitative estimate of drug-likeness (QED) is 0.279. The highest BCUT2D eigenvalue weighted by atomic mass is 17.5. The maximum atomic E-state index is 8.19. The van der Waals surface area contributed by atoms with Crippen LogP contribution in [0.15, 0.2) is 0 Å². The summed E-state index contributed by atoms with van der Waals surface area (Å²) in [6.07, 6.45) is 13.9. The van der Waals surface area contributed by atoms with Crippen molar-refractivity contribution in [2.45, 2.75) is 90.6 Å². The predicted octanol–water partition coefficient (Wildman–Crippen LogP) is 5.11. The molecule has 0 heterocycles. The van der Waals surface area contributed by atoms with Crippen LogP contribution in [-0.2, 0) is 9.93 Å². The zero-order chi connectivity index (χ0) is 12.8. The zero-order valence-electron chi connectivity index (χ0n) is 11.6. The van der Waals surface area contributed by atoms with Gasteiger partial charge < -0.3 is 0 Å². The second kappa shape index (κ2) is 13.9. The van der Waals surface area contributed by atoms with Gasteiger partial charge in [0.25, 0.3) is 0 Å². The van der Waals surface area contributed by atoms with Crippen molar-refractivity contribution in [2.75, 3.05) is 0 Å². The summed E-state index contributed by atoms with van der Waals surface area (Å²) in [5, 5.41) is 11.9. The Balaban J connectivity index is 3.11. The highest BCUT2D eigenvalue weighted by molar-refractivity contribution is 4.54. The minimum atomic E-state index is 0.0459. The lowest BCUT2D eigenvalue weighted by atomic mass is 10.0. The Labute approximate surface area is 106 Å². The zero-order valence-corrected chi connectivity index (χ0v) is 11.6. The van der Waals surface area contributed by atoms with Gasteiger partial charge >= 0.3 is 0 Å². The lowest BCUT2D eigenvalue weighted by Gasteiger charge is -2.11. The molecule has 3 heteroatoms. The van der Waals surface area contributed by atoms with Crippen molar-refractivity contribution < 1.29 is 15.2 Å². The highest BCUT2D eigenvalue weighted by Gasteiger charge is 2.06. The molecular weight excluding hydrogens is 216 g/mol. The molecule has 1 N–H and O–H groups in total. The van der Waals surface area contributed by atoms with Gasteiger partial charge in [-0.1, -0.05) is 76.7 Å². The Kier molecular flexibility index (Phi) is 13.8. The van der Waals surface area contributed by atoms with Gasteiger partial charge in [0.2, 0.25) is 0 Å². The van der Waals surface area contributed by atoms with E-state index in [9.17, 15) is 0 Å². The van der Waals surface area contributed by atoms with Crippen molar-refractivity contribution in [2.24, 2.45) is 0 Å². The van der Waals surface area contributed by atoms with Crippen molar-refractivity contribution in [3.05, 3.63) is 0 Å². The summed E-state index contributed by atoms with van der Waals surface area (Å²) in [4.78, 5) is 4.72. The van der Waals surface area contributed by atoms with E-state index in [2.05, 4.69) is 12.0 Å². The average molecular weight is 246 g/mol. The van der Waals surface area contributed by atoms with Crippen LogP contribution < -0.4 is 0 Å². The maximum Gasteiger partial charge on any atom is 0.0958 e. The maximum absolute atomic E-state index is 8.19. The van der Waals surface area contributed by atoms with E-state index in [-0.39, 0.29) is 6.10 Å². The van der Waals surface area contributed by atoms with E-state index < -0.39 is 0 Å². The van der Waals surface area contributed by atoms with Gasteiger partial charge in [0.1, 0.15) is 0 Å². The molecular formula is C14H30O3. The number of rotatable bonds is 13. The van der Waals surface area contributed by atoms with E-state index >= 15 is 0 Å². The standard InChI is InChI=1S/C14H30O3/c1-3-5-6-7-8-9-10-11-12-13-14(4-2)16-17-15/h14-15H,3-13H2,1-2H3. The fraction of sp³-hybridized carbons (Fsp3) is 1.00. The van der Waals surface area contributed by atoms with Crippen molar-refractivity contribution in [1.82, 2.24) is 0 Å². The van der Waals surface area contributed by atoms with Crippen LogP contribution in [0.1, 0.15) is 84.5 Å². The third-order valence-electron chi connectivity index (χ3n) is 3.26. The molecule has 17 heavy (non-hydrogen) atoms. The summed E-state index contributed by atoms with van der Waals surface area (Å²) in [7, 11) is 0. The molecule has 0 saturated carbocycles. The van der Waals surface area contributed by atoms with Crippen molar-refractivity contribution >= 4 is 0 Å². The van der Waals surface area contributed by atoms with Crippen LogP contribution >= 0.6 is 0 Å². The fourth-order valence-electron chi connectivity index (χ4n) is 2.06. The fourth-order valence-corrected chi connectivity index (χ4v) is 2.06. The summed E-state index contributed by atoms with van der Waals surface area (Å²) < 4.78 is 0.